The molecule has 0 aromatic heterocycles. The number of rotatable bonds is 4. The smallest absolute Gasteiger partial charge is 0.119 e. The Morgan fingerprint density at radius 2 is 2.17 bits per heavy atom. The summed E-state index contributed by atoms with van der Waals surface area (Å²) in [6, 6.07) is 6.68. The van der Waals surface area contributed by atoms with Gasteiger partial charge in [-0.2, -0.15) is 0 Å². The highest BCUT2D eigenvalue weighted by Gasteiger charge is 2.16. The van der Waals surface area contributed by atoms with Gasteiger partial charge in [-0.05, 0) is 61.4 Å². The number of ether oxygens (including phenoxy) is 1. The number of piperidine rings is 1. The lowest BCUT2D eigenvalue weighted by Crippen LogP contribution is -2.28. The van der Waals surface area contributed by atoms with Crippen molar-refractivity contribution in [2.24, 2.45) is 5.92 Å². The summed E-state index contributed by atoms with van der Waals surface area (Å²) in [6.07, 6.45) is 2.57. The molecule has 1 aliphatic heterocycles. The predicted octanol–water partition coefficient (Wildman–Crippen LogP) is 3.50. The number of aryl methyl sites for hydroxylation is 1. The van der Waals surface area contributed by atoms with Gasteiger partial charge in [0.05, 0.1) is 6.61 Å². The Balaban J connectivity index is 2.09. The van der Waals surface area contributed by atoms with Crippen LogP contribution < -0.4 is 10.1 Å². The Hall–Kier alpha value is -1.02. The van der Waals surface area contributed by atoms with Gasteiger partial charge in [-0.15, -0.1) is 0 Å². The van der Waals surface area contributed by atoms with Crippen molar-refractivity contribution in [1.82, 2.24) is 5.32 Å². The Bertz CT molecular complexity index is 381. The van der Waals surface area contributed by atoms with E-state index in [1.165, 1.54) is 30.5 Å². The van der Waals surface area contributed by atoms with E-state index in [9.17, 15) is 0 Å². The maximum Gasteiger partial charge on any atom is 0.119 e. The minimum Gasteiger partial charge on any atom is -0.493 e. The molecule has 2 heteroatoms. The third-order valence-corrected chi connectivity index (χ3v) is 3.42. The highest BCUT2D eigenvalue weighted by molar-refractivity contribution is 5.36. The molecule has 0 spiro atoms. The van der Waals surface area contributed by atoms with Crippen molar-refractivity contribution in [3.8, 4) is 5.75 Å². The summed E-state index contributed by atoms with van der Waals surface area (Å²) in [7, 11) is 0. The van der Waals surface area contributed by atoms with Crippen LogP contribution in [0.15, 0.2) is 18.2 Å². The average Bonchev–Trinajstić information content (AvgIpc) is 2.37. The molecule has 1 saturated heterocycles. The van der Waals surface area contributed by atoms with Crippen molar-refractivity contribution in [3.05, 3.63) is 29.3 Å². The van der Waals surface area contributed by atoms with E-state index < -0.39 is 0 Å². The van der Waals surface area contributed by atoms with Gasteiger partial charge in [-0.1, -0.05) is 19.9 Å². The van der Waals surface area contributed by atoms with Crippen molar-refractivity contribution in [2.45, 2.75) is 39.5 Å². The first kappa shape index (κ1) is 13.4. The van der Waals surface area contributed by atoms with E-state index in [1.807, 2.05) is 0 Å². The second-order valence-electron chi connectivity index (χ2n) is 5.83. The van der Waals surface area contributed by atoms with Crippen molar-refractivity contribution in [3.63, 3.8) is 0 Å². The maximum atomic E-state index is 5.86. The molecule has 2 nitrogen and oxygen atoms in total. The van der Waals surface area contributed by atoms with Crippen LogP contribution in [-0.2, 0) is 0 Å². The standard InChI is InChI=1S/C16H25NO/c1-12(2)11-18-16-8-13(3)7-15(9-16)14-5-4-6-17-10-14/h7-9,12,14,17H,4-6,10-11H2,1-3H3. The summed E-state index contributed by atoms with van der Waals surface area (Å²) in [5.74, 6) is 2.26. The molecular formula is C16H25NO. The summed E-state index contributed by atoms with van der Waals surface area (Å²) in [6.45, 7) is 9.59. The molecule has 1 atom stereocenters. The first-order chi connectivity index (χ1) is 8.65. The Kier molecular flexibility index (Phi) is 4.65. The summed E-state index contributed by atoms with van der Waals surface area (Å²) < 4.78 is 5.86. The minimum atomic E-state index is 0.574. The number of hydrogen-bond donors (Lipinski definition) is 1. The maximum absolute atomic E-state index is 5.86. The SMILES string of the molecule is Cc1cc(OCC(C)C)cc(C2CCCNC2)c1. The largest absolute Gasteiger partial charge is 0.493 e. The van der Waals surface area contributed by atoms with Crippen LogP contribution >= 0.6 is 0 Å². The molecule has 1 N–H and O–H groups in total. The lowest BCUT2D eigenvalue weighted by atomic mass is 9.90. The molecule has 1 fully saturated rings. The minimum absolute atomic E-state index is 0.574. The summed E-state index contributed by atoms with van der Waals surface area (Å²) >= 11 is 0. The van der Waals surface area contributed by atoms with Gasteiger partial charge in [0.1, 0.15) is 5.75 Å². The van der Waals surface area contributed by atoms with Crippen LogP contribution in [0.25, 0.3) is 0 Å². The van der Waals surface area contributed by atoms with Gasteiger partial charge in [0, 0.05) is 6.54 Å². The first-order valence-corrected chi connectivity index (χ1v) is 7.10. The zero-order valence-corrected chi connectivity index (χ0v) is 11.8. The highest BCUT2D eigenvalue weighted by atomic mass is 16.5. The molecule has 1 unspecified atom stereocenters. The molecule has 1 aliphatic rings. The van der Waals surface area contributed by atoms with Crippen molar-refractivity contribution < 1.29 is 4.74 Å². The third-order valence-electron chi connectivity index (χ3n) is 3.42. The summed E-state index contributed by atoms with van der Waals surface area (Å²) in [4.78, 5) is 0. The van der Waals surface area contributed by atoms with Gasteiger partial charge in [0.15, 0.2) is 0 Å². The molecule has 0 amide bonds. The van der Waals surface area contributed by atoms with Gasteiger partial charge < -0.3 is 10.1 Å². The van der Waals surface area contributed by atoms with Gasteiger partial charge in [0.2, 0.25) is 0 Å². The average molecular weight is 247 g/mol. The van der Waals surface area contributed by atoms with E-state index >= 15 is 0 Å². The van der Waals surface area contributed by atoms with E-state index in [0.717, 1.165) is 18.9 Å². The molecule has 1 aromatic rings. The highest BCUT2D eigenvalue weighted by Crippen LogP contribution is 2.27. The fourth-order valence-corrected chi connectivity index (χ4v) is 2.49. The number of nitrogens with one attached hydrogen (secondary N) is 1. The molecular weight excluding hydrogens is 222 g/mol. The quantitative estimate of drug-likeness (QED) is 0.879. The molecule has 0 aliphatic carbocycles. The fraction of sp³-hybridized carbons (Fsp3) is 0.625. The van der Waals surface area contributed by atoms with Crippen LogP contribution in [0.2, 0.25) is 0 Å². The van der Waals surface area contributed by atoms with Gasteiger partial charge in [-0.3, -0.25) is 0 Å². The molecule has 1 aromatic carbocycles. The van der Waals surface area contributed by atoms with Crippen LogP contribution in [-0.4, -0.2) is 19.7 Å². The van der Waals surface area contributed by atoms with Crippen LogP contribution in [0.1, 0.15) is 43.7 Å². The van der Waals surface area contributed by atoms with E-state index in [0.29, 0.717) is 11.8 Å². The predicted molar refractivity (Wildman–Crippen MR) is 76.4 cm³/mol. The second kappa shape index (κ2) is 6.24. The molecule has 0 bridgehead atoms. The Morgan fingerprint density at radius 3 is 2.83 bits per heavy atom. The van der Waals surface area contributed by atoms with Crippen molar-refractivity contribution >= 4 is 0 Å². The topological polar surface area (TPSA) is 21.3 Å². The van der Waals surface area contributed by atoms with E-state index in [4.69, 9.17) is 4.74 Å². The lowest BCUT2D eigenvalue weighted by molar-refractivity contribution is 0.270. The van der Waals surface area contributed by atoms with Crippen molar-refractivity contribution in [1.29, 1.82) is 0 Å². The van der Waals surface area contributed by atoms with Crippen molar-refractivity contribution in [2.75, 3.05) is 19.7 Å². The van der Waals surface area contributed by atoms with E-state index in [1.54, 1.807) is 0 Å². The van der Waals surface area contributed by atoms with E-state index in [-0.39, 0.29) is 0 Å². The van der Waals surface area contributed by atoms with E-state index in [2.05, 4.69) is 44.3 Å². The van der Waals surface area contributed by atoms with Crippen LogP contribution in [0.4, 0.5) is 0 Å². The van der Waals surface area contributed by atoms with Crippen LogP contribution in [0.5, 0.6) is 5.75 Å². The van der Waals surface area contributed by atoms with Gasteiger partial charge in [0.25, 0.3) is 0 Å². The molecule has 18 heavy (non-hydrogen) atoms. The molecule has 1 heterocycles. The van der Waals surface area contributed by atoms with Crippen LogP contribution in [0.3, 0.4) is 0 Å². The number of benzene rings is 1. The van der Waals surface area contributed by atoms with Gasteiger partial charge in [-0.25, -0.2) is 0 Å². The molecule has 0 saturated carbocycles. The summed E-state index contributed by atoms with van der Waals surface area (Å²) in [5.41, 5.74) is 2.73. The second-order valence-corrected chi connectivity index (χ2v) is 5.83. The third kappa shape index (κ3) is 3.74. The molecule has 2 rings (SSSR count). The normalized spacial score (nSPS) is 20.1. The summed E-state index contributed by atoms with van der Waals surface area (Å²) in [5, 5.41) is 3.48. The number of hydrogen-bond acceptors (Lipinski definition) is 2. The van der Waals surface area contributed by atoms with Gasteiger partial charge >= 0.3 is 0 Å². The lowest BCUT2D eigenvalue weighted by Gasteiger charge is -2.24. The molecule has 0 radical (unpaired) electrons. The van der Waals surface area contributed by atoms with Crippen LogP contribution in [0, 0.1) is 12.8 Å². The first-order valence-electron chi connectivity index (χ1n) is 7.10. The molecule has 100 valence electrons. The Labute approximate surface area is 111 Å². The fourth-order valence-electron chi connectivity index (χ4n) is 2.49. The zero-order valence-electron chi connectivity index (χ0n) is 11.8. The zero-order chi connectivity index (χ0) is 13.0. The Morgan fingerprint density at radius 1 is 1.33 bits per heavy atom. The monoisotopic (exact) mass is 247 g/mol.